The zero-order valence-electron chi connectivity index (χ0n) is 11.1. The Morgan fingerprint density at radius 2 is 1.94 bits per heavy atom. The van der Waals surface area contributed by atoms with Crippen molar-refractivity contribution in [2.24, 2.45) is 11.8 Å². The molecule has 1 rings (SSSR count). The number of nitrogens with one attached hydrogen (secondary N) is 1. The molecule has 0 aliphatic heterocycles. The highest BCUT2D eigenvalue weighted by Gasteiger charge is 2.13. The lowest BCUT2D eigenvalue weighted by Gasteiger charge is -2.20. The molecular formula is C14H24N2O. The monoisotopic (exact) mass is 236 g/mol. The summed E-state index contributed by atoms with van der Waals surface area (Å²) in [6, 6.07) is 8.85. The number of methoxy groups -OCH3 is 1. The minimum atomic E-state index is 0.200. The maximum absolute atomic E-state index is 5.63. The molecule has 0 aliphatic rings. The fraction of sp³-hybridized carbons (Fsp3) is 0.571. The molecule has 0 aliphatic carbocycles. The molecule has 0 aromatic heterocycles. The molecule has 0 bridgehead atoms. The minimum absolute atomic E-state index is 0.200. The van der Waals surface area contributed by atoms with E-state index in [1.165, 1.54) is 11.1 Å². The highest BCUT2D eigenvalue weighted by atomic mass is 16.5. The molecule has 3 N–H and O–H groups in total. The van der Waals surface area contributed by atoms with Gasteiger partial charge in [0.05, 0.1) is 0 Å². The van der Waals surface area contributed by atoms with Crippen LogP contribution in [0, 0.1) is 5.92 Å². The number of hydrazine groups is 1. The molecule has 0 amide bonds. The fourth-order valence-corrected chi connectivity index (χ4v) is 2.04. The van der Waals surface area contributed by atoms with Gasteiger partial charge in [-0.2, -0.15) is 0 Å². The van der Waals surface area contributed by atoms with Gasteiger partial charge in [-0.25, -0.2) is 0 Å². The van der Waals surface area contributed by atoms with E-state index in [0.29, 0.717) is 5.92 Å². The molecule has 1 aromatic carbocycles. The summed E-state index contributed by atoms with van der Waals surface area (Å²) in [4.78, 5) is 0. The minimum Gasteiger partial charge on any atom is -0.384 e. The average Bonchev–Trinajstić information content (AvgIpc) is 2.36. The lowest BCUT2D eigenvalue weighted by Crippen LogP contribution is -2.30. The predicted molar refractivity (Wildman–Crippen MR) is 71.5 cm³/mol. The van der Waals surface area contributed by atoms with Gasteiger partial charge < -0.3 is 4.74 Å². The summed E-state index contributed by atoms with van der Waals surface area (Å²) in [5.41, 5.74) is 5.49. The number of hydrogen-bond donors (Lipinski definition) is 2. The van der Waals surface area contributed by atoms with E-state index in [4.69, 9.17) is 10.6 Å². The molecule has 96 valence electrons. The van der Waals surface area contributed by atoms with Gasteiger partial charge in [-0.05, 0) is 29.9 Å². The highest BCUT2D eigenvalue weighted by Crippen LogP contribution is 2.21. The lowest BCUT2D eigenvalue weighted by molar-refractivity contribution is 0.149. The quantitative estimate of drug-likeness (QED) is 0.564. The largest absolute Gasteiger partial charge is 0.384 e. The second-order valence-corrected chi connectivity index (χ2v) is 4.61. The van der Waals surface area contributed by atoms with Gasteiger partial charge in [0.2, 0.25) is 0 Å². The standard InChI is InChI=1S/C14H24N2O/c1-4-12-5-7-13(8-6-12)14(16-15)9-11(2)10-17-3/h5-8,11,14,16H,4,9-10,15H2,1-3H3. The van der Waals surface area contributed by atoms with Gasteiger partial charge in [0, 0.05) is 19.8 Å². The molecule has 3 heteroatoms. The van der Waals surface area contributed by atoms with E-state index in [0.717, 1.165) is 19.4 Å². The molecule has 2 atom stereocenters. The Bertz CT molecular complexity index is 311. The molecule has 17 heavy (non-hydrogen) atoms. The molecule has 0 fully saturated rings. The first-order valence-corrected chi connectivity index (χ1v) is 6.25. The first kappa shape index (κ1) is 14.2. The van der Waals surface area contributed by atoms with Crippen molar-refractivity contribution in [1.29, 1.82) is 0 Å². The Hall–Kier alpha value is -0.900. The van der Waals surface area contributed by atoms with Crippen LogP contribution in [0.3, 0.4) is 0 Å². The third-order valence-electron chi connectivity index (χ3n) is 3.08. The maximum atomic E-state index is 5.63. The maximum Gasteiger partial charge on any atom is 0.0488 e. The van der Waals surface area contributed by atoms with E-state index in [-0.39, 0.29) is 6.04 Å². The van der Waals surface area contributed by atoms with Gasteiger partial charge in [0.25, 0.3) is 0 Å². The summed E-state index contributed by atoms with van der Waals surface area (Å²) in [6.07, 6.45) is 2.05. The second-order valence-electron chi connectivity index (χ2n) is 4.61. The summed E-state index contributed by atoms with van der Waals surface area (Å²) in [5.74, 6) is 6.12. The van der Waals surface area contributed by atoms with E-state index >= 15 is 0 Å². The third-order valence-corrected chi connectivity index (χ3v) is 3.08. The smallest absolute Gasteiger partial charge is 0.0488 e. The van der Waals surface area contributed by atoms with Gasteiger partial charge in [-0.15, -0.1) is 0 Å². The Labute approximate surface area is 104 Å². The van der Waals surface area contributed by atoms with Crippen molar-refractivity contribution in [3.63, 3.8) is 0 Å². The molecule has 3 nitrogen and oxygen atoms in total. The van der Waals surface area contributed by atoms with E-state index < -0.39 is 0 Å². The van der Waals surface area contributed by atoms with Crippen molar-refractivity contribution in [1.82, 2.24) is 5.43 Å². The summed E-state index contributed by atoms with van der Waals surface area (Å²) in [7, 11) is 1.73. The molecule has 2 unspecified atom stereocenters. The number of aryl methyl sites for hydroxylation is 1. The van der Waals surface area contributed by atoms with E-state index in [1.807, 2.05) is 0 Å². The molecule has 1 aromatic rings. The third kappa shape index (κ3) is 4.46. The molecule has 0 heterocycles. The SMILES string of the molecule is CCc1ccc(C(CC(C)COC)NN)cc1. The highest BCUT2D eigenvalue weighted by molar-refractivity contribution is 5.25. The number of rotatable bonds is 7. The van der Waals surface area contributed by atoms with Crippen LogP contribution in [0.15, 0.2) is 24.3 Å². The van der Waals surface area contributed by atoms with Gasteiger partial charge in [-0.3, -0.25) is 11.3 Å². The van der Waals surface area contributed by atoms with Crippen LogP contribution in [0.25, 0.3) is 0 Å². The zero-order chi connectivity index (χ0) is 12.7. The zero-order valence-corrected chi connectivity index (χ0v) is 11.1. The Balaban J connectivity index is 2.65. The van der Waals surface area contributed by atoms with Crippen molar-refractivity contribution >= 4 is 0 Å². The van der Waals surface area contributed by atoms with Crippen molar-refractivity contribution in [2.45, 2.75) is 32.7 Å². The van der Waals surface area contributed by atoms with Crippen LogP contribution in [0.5, 0.6) is 0 Å². The van der Waals surface area contributed by atoms with Gasteiger partial charge in [0.15, 0.2) is 0 Å². The topological polar surface area (TPSA) is 47.3 Å². The first-order valence-electron chi connectivity index (χ1n) is 6.25. The van der Waals surface area contributed by atoms with Gasteiger partial charge in [0.1, 0.15) is 0 Å². The number of hydrogen-bond acceptors (Lipinski definition) is 3. The van der Waals surface area contributed by atoms with Crippen LogP contribution in [-0.2, 0) is 11.2 Å². The van der Waals surface area contributed by atoms with Crippen molar-refractivity contribution in [3.8, 4) is 0 Å². The first-order chi connectivity index (χ1) is 8.21. The van der Waals surface area contributed by atoms with Crippen LogP contribution in [0.1, 0.15) is 37.4 Å². The Kier molecular flexibility index (Phi) is 6.19. The summed E-state index contributed by atoms with van der Waals surface area (Å²) < 4.78 is 5.15. The van der Waals surface area contributed by atoms with Crippen LogP contribution < -0.4 is 11.3 Å². The lowest BCUT2D eigenvalue weighted by atomic mass is 9.96. The predicted octanol–water partition coefficient (Wildman–Crippen LogP) is 2.43. The normalized spacial score (nSPS) is 14.6. The number of benzene rings is 1. The average molecular weight is 236 g/mol. The Morgan fingerprint density at radius 3 is 2.41 bits per heavy atom. The fourth-order valence-electron chi connectivity index (χ4n) is 2.04. The molecule has 0 radical (unpaired) electrons. The van der Waals surface area contributed by atoms with Crippen LogP contribution >= 0.6 is 0 Å². The summed E-state index contributed by atoms with van der Waals surface area (Å²) in [6.45, 7) is 5.10. The molecule has 0 spiro atoms. The van der Waals surface area contributed by atoms with Crippen LogP contribution in [-0.4, -0.2) is 13.7 Å². The molecule has 0 saturated carbocycles. The van der Waals surface area contributed by atoms with Crippen molar-refractivity contribution in [2.75, 3.05) is 13.7 Å². The Morgan fingerprint density at radius 1 is 1.29 bits per heavy atom. The number of ether oxygens (including phenoxy) is 1. The van der Waals surface area contributed by atoms with Crippen molar-refractivity contribution < 1.29 is 4.74 Å². The second kappa shape index (κ2) is 7.43. The van der Waals surface area contributed by atoms with Crippen molar-refractivity contribution in [3.05, 3.63) is 35.4 Å². The molecular weight excluding hydrogens is 212 g/mol. The summed E-state index contributed by atoms with van der Waals surface area (Å²) in [5, 5.41) is 0. The van der Waals surface area contributed by atoms with Crippen LogP contribution in [0.2, 0.25) is 0 Å². The number of nitrogens with two attached hydrogens (primary N) is 1. The summed E-state index contributed by atoms with van der Waals surface area (Å²) >= 11 is 0. The van der Waals surface area contributed by atoms with E-state index in [9.17, 15) is 0 Å². The molecule has 0 saturated heterocycles. The van der Waals surface area contributed by atoms with E-state index in [2.05, 4.69) is 43.5 Å². The van der Waals surface area contributed by atoms with Gasteiger partial charge >= 0.3 is 0 Å². The van der Waals surface area contributed by atoms with E-state index in [1.54, 1.807) is 7.11 Å². The van der Waals surface area contributed by atoms with Crippen LogP contribution in [0.4, 0.5) is 0 Å². The van der Waals surface area contributed by atoms with Gasteiger partial charge in [-0.1, -0.05) is 38.1 Å².